The molecule has 140 valence electrons. The van der Waals surface area contributed by atoms with Crippen molar-refractivity contribution in [3.8, 4) is 0 Å². The van der Waals surface area contributed by atoms with E-state index in [0.717, 1.165) is 37.1 Å². The van der Waals surface area contributed by atoms with Crippen molar-refractivity contribution in [1.82, 2.24) is 9.97 Å². The molecule has 0 radical (unpaired) electrons. The molecule has 1 heterocycles. The van der Waals surface area contributed by atoms with Gasteiger partial charge in [0.2, 0.25) is 0 Å². The second-order valence-electron chi connectivity index (χ2n) is 6.60. The van der Waals surface area contributed by atoms with E-state index in [1.54, 1.807) is 12.4 Å². The molecule has 1 unspecified atom stereocenters. The Morgan fingerprint density at radius 2 is 1.69 bits per heavy atom. The summed E-state index contributed by atoms with van der Waals surface area (Å²) in [5.74, 6) is 0.425. The second kappa shape index (κ2) is 10.7. The van der Waals surface area contributed by atoms with Gasteiger partial charge in [0.1, 0.15) is 11.9 Å². The van der Waals surface area contributed by atoms with Crippen LogP contribution in [0.3, 0.4) is 0 Å². The lowest BCUT2D eigenvalue weighted by molar-refractivity contribution is 0.0287. The zero-order valence-electron chi connectivity index (χ0n) is 16.2. The number of carbonyl (C=O) groups is 1. The van der Waals surface area contributed by atoms with Gasteiger partial charge in [0.15, 0.2) is 0 Å². The van der Waals surface area contributed by atoms with E-state index in [0.29, 0.717) is 5.56 Å². The molecule has 0 N–H and O–H groups in total. The molecular formula is C22H30N2O2. The molecule has 2 rings (SSSR count). The van der Waals surface area contributed by atoms with Crippen molar-refractivity contribution in [2.75, 3.05) is 0 Å². The van der Waals surface area contributed by atoms with Crippen molar-refractivity contribution in [3.05, 3.63) is 59.2 Å². The van der Waals surface area contributed by atoms with Gasteiger partial charge in [-0.25, -0.2) is 14.8 Å². The number of aryl methyl sites for hydroxylation is 2. The molecule has 2 aromatic rings. The van der Waals surface area contributed by atoms with Gasteiger partial charge in [0.25, 0.3) is 0 Å². The highest BCUT2D eigenvalue weighted by molar-refractivity contribution is 5.88. The third-order valence-corrected chi connectivity index (χ3v) is 4.57. The lowest BCUT2D eigenvalue weighted by atomic mass is 10.0. The minimum absolute atomic E-state index is 0.248. The predicted molar refractivity (Wildman–Crippen MR) is 104 cm³/mol. The molecule has 1 atom stereocenters. The molecule has 0 bridgehead atoms. The Morgan fingerprint density at radius 3 is 2.27 bits per heavy atom. The summed E-state index contributed by atoms with van der Waals surface area (Å²) in [5, 5.41) is 0. The number of aromatic nitrogens is 2. The summed E-state index contributed by atoms with van der Waals surface area (Å²) in [6.45, 7) is 6.33. The standard InChI is InChI=1S/C22H30N2O2/c1-4-7-8-9-10-21-23-15-19(16-24-21)22(25)26-20(6-3)18-13-11-17(5-2)12-14-18/h11-16,20H,4-10H2,1-3H3. The highest BCUT2D eigenvalue weighted by Crippen LogP contribution is 2.23. The van der Waals surface area contributed by atoms with Crippen LogP contribution in [-0.4, -0.2) is 15.9 Å². The summed E-state index contributed by atoms with van der Waals surface area (Å²) in [4.78, 5) is 21.0. The fraction of sp³-hybridized carbons (Fsp3) is 0.500. The summed E-state index contributed by atoms with van der Waals surface area (Å²) in [6.07, 6.45) is 10.2. The Kier molecular flexibility index (Phi) is 8.26. The van der Waals surface area contributed by atoms with E-state index in [1.807, 2.05) is 19.1 Å². The predicted octanol–water partition coefficient (Wildman–Crippen LogP) is 5.47. The van der Waals surface area contributed by atoms with Gasteiger partial charge in [-0.05, 0) is 30.4 Å². The van der Waals surface area contributed by atoms with Crippen LogP contribution in [0.15, 0.2) is 36.7 Å². The summed E-state index contributed by atoms with van der Waals surface area (Å²) in [6, 6.07) is 8.25. The van der Waals surface area contributed by atoms with Gasteiger partial charge >= 0.3 is 5.97 Å². The Labute approximate surface area is 157 Å². The molecule has 0 aliphatic carbocycles. The van der Waals surface area contributed by atoms with Crippen LogP contribution < -0.4 is 0 Å². The quantitative estimate of drug-likeness (QED) is 0.419. The molecule has 0 aliphatic rings. The maximum absolute atomic E-state index is 12.4. The number of carbonyl (C=O) groups excluding carboxylic acids is 1. The van der Waals surface area contributed by atoms with E-state index in [4.69, 9.17) is 4.74 Å². The van der Waals surface area contributed by atoms with Crippen LogP contribution in [0.2, 0.25) is 0 Å². The smallest absolute Gasteiger partial charge is 0.341 e. The van der Waals surface area contributed by atoms with Gasteiger partial charge in [-0.3, -0.25) is 0 Å². The Hall–Kier alpha value is -2.23. The SMILES string of the molecule is CCCCCCc1ncc(C(=O)OC(CC)c2ccc(CC)cc2)cn1. The van der Waals surface area contributed by atoms with Crippen molar-refractivity contribution < 1.29 is 9.53 Å². The van der Waals surface area contributed by atoms with E-state index in [2.05, 4.69) is 35.9 Å². The maximum Gasteiger partial charge on any atom is 0.341 e. The first-order valence-electron chi connectivity index (χ1n) is 9.78. The molecule has 1 aromatic heterocycles. The number of nitrogens with zero attached hydrogens (tertiary/aromatic N) is 2. The Balaban J connectivity index is 1.94. The van der Waals surface area contributed by atoms with Gasteiger partial charge in [-0.2, -0.15) is 0 Å². The number of hydrogen-bond acceptors (Lipinski definition) is 4. The summed E-state index contributed by atoms with van der Waals surface area (Å²) < 4.78 is 5.68. The zero-order valence-corrected chi connectivity index (χ0v) is 16.2. The van der Waals surface area contributed by atoms with Crippen molar-refractivity contribution >= 4 is 5.97 Å². The first kappa shape index (κ1) is 20.1. The Bertz CT molecular complexity index is 666. The molecule has 0 fully saturated rings. The first-order valence-corrected chi connectivity index (χ1v) is 9.78. The average molecular weight is 354 g/mol. The average Bonchev–Trinajstić information content (AvgIpc) is 2.70. The minimum Gasteiger partial charge on any atom is -0.454 e. The van der Waals surface area contributed by atoms with Gasteiger partial charge in [-0.15, -0.1) is 0 Å². The number of ether oxygens (including phenoxy) is 1. The minimum atomic E-state index is -0.367. The van der Waals surface area contributed by atoms with E-state index < -0.39 is 0 Å². The van der Waals surface area contributed by atoms with Gasteiger partial charge < -0.3 is 4.74 Å². The first-order chi connectivity index (χ1) is 12.7. The van der Waals surface area contributed by atoms with Gasteiger partial charge in [0.05, 0.1) is 5.56 Å². The number of unbranched alkanes of at least 4 members (excludes halogenated alkanes) is 3. The third kappa shape index (κ3) is 5.94. The Morgan fingerprint density at radius 1 is 1.00 bits per heavy atom. The number of benzene rings is 1. The molecular weight excluding hydrogens is 324 g/mol. The van der Waals surface area contributed by atoms with E-state index in [-0.39, 0.29) is 12.1 Å². The van der Waals surface area contributed by atoms with Crippen LogP contribution >= 0.6 is 0 Å². The summed E-state index contributed by atoms with van der Waals surface area (Å²) in [5.41, 5.74) is 2.70. The molecule has 0 spiro atoms. The lowest BCUT2D eigenvalue weighted by Crippen LogP contribution is -2.12. The third-order valence-electron chi connectivity index (χ3n) is 4.57. The molecule has 0 saturated carbocycles. The fourth-order valence-corrected chi connectivity index (χ4v) is 2.85. The normalized spacial score (nSPS) is 12.0. The van der Waals surface area contributed by atoms with E-state index in [1.165, 1.54) is 24.8 Å². The highest BCUT2D eigenvalue weighted by atomic mass is 16.5. The van der Waals surface area contributed by atoms with E-state index in [9.17, 15) is 4.79 Å². The van der Waals surface area contributed by atoms with Crippen LogP contribution in [-0.2, 0) is 17.6 Å². The van der Waals surface area contributed by atoms with Crippen molar-refractivity contribution in [1.29, 1.82) is 0 Å². The van der Waals surface area contributed by atoms with Crippen LogP contribution in [0.5, 0.6) is 0 Å². The van der Waals surface area contributed by atoms with Crippen LogP contribution in [0.25, 0.3) is 0 Å². The molecule has 1 aromatic carbocycles. The van der Waals surface area contributed by atoms with Crippen LogP contribution in [0.4, 0.5) is 0 Å². The lowest BCUT2D eigenvalue weighted by Gasteiger charge is -2.17. The van der Waals surface area contributed by atoms with Crippen molar-refractivity contribution in [2.24, 2.45) is 0 Å². The van der Waals surface area contributed by atoms with Crippen LogP contribution in [0, 0.1) is 0 Å². The highest BCUT2D eigenvalue weighted by Gasteiger charge is 2.17. The monoisotopic (exact) mass is 354 g/mol. The topological polar surface area (TPSA) is 52.1 Å². The molecule has 26 heavy (non-hydrogen) atoms. The fourth-order valence-electron chi connectivity index (χ4n) is 2.85. The van der Waals surface area contributed by atoms with Crippen LogP contribution in [0.1, 0.15) is 86.3 Å². The molecule has 4 heteroatoms. The van der Waals surface area contributed by atoms with Gasteiger partial charge in [-0.1, -0.05) is 64.3 Å². The number of esters is 1. The van der Waals surface area contributed by atoms with E-state index >= 15 is 0 Å². The molecule has 0 aliphatic heterocycles. The second-order valence-corrected chi connectivity index (χ2v) is 6.60. The largest absolute Gasteiger partial charge is 0.454 e. The number of hydrogen-bond donors (Lipinski definition) is 0. The van der Waals surface area contributed by atoms with Gasteiger partial charge in [0, 0.05) is 18.8 Å². The number of rotatable bonds is 10. The van der Waals surface area contributed by atoms with Crippen molar-refractivity contribution in [2.45, 2.75) is 71.8 Å². The maximum atomic E-state index is 12.4. The zero-order chi connectivity index (χ0) is 18.8. The van der Waals surface area contributed by atoms with Crippen molar-refractivity contribution in [3.63, 3.8) is 0 Å². The summed E-state index contributed by atoms with van der Waals surface area (Å²) >= 11 is 0. The molecule has 0 saturated heterocycles. The molecule has 0 amide bonds. The summed E-state index contributed by atoms with van der Waals surface area (Å²) in [7, 11) is 0. The molecule has 4 nitrogen and oxygen atoms in total.